The minimum atomic E-state index is 0.758. The Morgan fingerprint density at radius 3 is 2.48 bits per heavy atom. The number of benzene rings is 2. The van der Waals surface area contributed by atoms with Crippen LogP contribution >= 0.6 is 0 Å². The molecule has 0 unspecified atom stereocenters. The molecule has 0 atom stereocenters. The molecule has 0 bridgehead atoms. The summed E-state index contributed by atoms with van der Waals surface area (Å²) < 4.78 is 5.42. The summed E-state index contributed by atoms with van der Waals surface area (Å²) in [6, 6.07) is 17.2. The van der Waals surface area contributed by atoms with Crippen molar-refractivity contribution in [2.75, 3.05) is 45.3 Å². The fraction of sp³-hybridized carbons (Fsp3) is 0.409. The zero-order chi connectivity index (χ0) is 19.1. The molecule has 0 amide bonds. The first-order valence-electron chi connectivity index (χ1n) is 9.55. The topological polar surface area (TPSA) is 40.1 Å². The van der Waals surface area contributed by atoms with Crippen LogP contribution < -0.4 is 10.2 Å². The van der Waals surface area contributed by atoms with Crippen molar-refractivity contribution >= 4 is 11.6 Å². The van der Waals surface area contributed by atoms with Gasteiger partial charge in [-0.1, -0.05) is 36.4 Å². The van der Waals surface area contributed by atoms with Crippen LogP contribution in [0.1, 0.15) is 16.7 Å². The lowest BCUT2D eigenvalue weighted by molar-refractivity contribution is 0.122. The van der Waals surface area contributed by atoms with Crippen molar-refractivity contribution in [3.05, 3.63) is 65.2 Å². The van der Waals surface area contributed by atoms with Crippen molar-refractivity contribution in [2.45, 2.75) is 20.0 Å². The number of nitrogens with one attached hydrogen (secondary N) is 1. The van der Waals surface area contributed by atoms with Crippen molar-refractivity contribution in [3.8, 4) is 0 Å². The molecule has 27 heavy (non-hydrogen) atoms. The number of hydrogen-bond acceptors (Lipinski definition) is 3. The fourth-order valence-corrected chi connectivity index (χ4v) is 3.33. The van der Waals surface area contributed by atoms with Gasteiger partial charge in [0.2, 0.25) is 0 Å². The van der Waals surface area contributed by atoms with Crippen LogP contribution in [0, 0.1) is 6.92 Å². The lowest BCUT2D eigenvalue weighted by atomic mass is 10.1. The Kier molecular flexibility index (Phi) is 6.71. The van der Waals surface area contributed by atoms with Crippen molar-refractivity contribution in [1.82, 2.24) is 10.2 Å². The summed E-state index contributed by atoms with van der Waals surface area (Å²) >= 11 is 0. The first-order chi connectivity index (χ1) is 13.2. The largest absolute Gasteiger partial charge is 0.378 e. The average molecular weight is 367 g/mol. The van der Waals surface area contributed by atoms with Gasteiger partial charge in [-0.2, -0.15) is 0 Å². The highest BCUT2D eigenvalue weighted by molar-refractivity contribution is 5.79. The predicted octanol–water partition coefficient (Wildman–Crippen LogP) is 3.04. The van der Waals surface area contributed by atoms with E-state index in [9.17, 15) is 0 Å². The SMILES string of the molecule is CN=C(NCc1ccc(N2CCOCC2)cc1)N(C)Cc1ccccc1C. The quantitative estimate of drug-likeness (QED) is 0.652. The third kappa shape index (κ3) is 5.23. The van der Waals surface area contributed by atoms with Crippen LogP contribution in [0.5, 0.6) is 0 Å². The Balaban J connectivity index is 1.55. The average Bonchev–Trinajstić information content (AvgIpc) is 2.71. The fourth-order valence-electron chi connectivity index (χ4n) is 3.33. The maximum Gasteiger partial charge on any atom is 0.193 e. The minimum Gasteiger partial charge on any atom is -0.378 e. The molecule has 1 heterocycles. The summed E-state index contributed by atoms with van der Waals surface area (Å²) in [5.41, 5.74) is 5.14. The van der Waals surface area contributed by atoms with Gasteiger partial charge in [-0.15, -0.1) is 0 Å². The number of aliphatic imine (C=N–C) groups is 1. The maximum absolute atomic E-state index is 5.42. The Bertz CT molecular complexity index is 751. The molecule has 1 fully saturated rings. The second-order valence-electron chi connectivity index (χ2n) is 6.95. The van der Waals surface area contributed by atoms with Crippen LogP contribution in [-0.2, 0) is 17.8 Å². The number of anilines is 1. The molecule has 0 saturated carbocycles. The van der Waals surface area contributed by atoms with E-state index in [0.717, 1.165) is 45.4 Å². The third-order valence-electron chi connectivity index (χ3n) is 5.01. The van der Waals surface area contributed by atoms with E-state index in [4.69, 9.17) is 4.74 Å². The van der Waals surface area contributed by atoms with E-state index >= 15 is 0 Å². The van der Waals surface area contributed by atoms with Crippen molar-refractivity contribution < 1.29 is 4.74 Å². The summed E-state index contributed by atoms with van der Waals surface area (Å²) in [4.78, 5) is 8.96. The predicted molar refractivity (Wildman–Crippen MR) is 112 cm³/mol. The zero-order valence-electron chi connectivity index (χ0n) is 16.6. The molecule has 0 radical (unpaired) electrons. The normalized spacial score (nSPS) is 14.9. The Morgan fingerprint density at radius 1 is 1.11 bits per heavy atom. The van der Waals surface area contributed by atoms with Gasteiger partial charge in [0.25, 0.3) is 0 Å². The Hall–Kier alpha value is -2.53. The molecule has 2 aromatic rings. The van der Waals surface area contributed by atoms with E-state index in [1.807, 2.05) is 7.05 Å². The molecule has 2 aromatic carbocycles. The van der Waals surface area contributed by atoms with Gasteiger partial charge < -0.3 is 19.9 Å². The van der Waals surface area contributed by atoms with Crippen LogP contribution in [0.15, 0.2) is 53.5 Å². The van der Waals surface area contributed by atoms with Gasteiger partial charge in [-0.3, -0.25) is 4.99 Å². The molecular formula is C22H30N4O. The van der Waals surface area contributed by atoms with E-state index in [1.54, 1.807) is 0 Å². The van der Waals surface area contributed by atoms with E-state index in [1.165, 1.54) is 22.4 Å². The highest BCUT2D eigenvalue weighted by Gasteiger charge is 2.11. The lowest BCUT2D eigenvalue weighted by Crippen LogP contribution is -2.38. The number of morpholine rings is 1. The van der Waals surface area contributed by atoms with E-state index in [2.05, 4.69) is 82.6 Å². The van der Waals surface area contributed by atoms with Crippen LogP contribution in [-0.4, -0.2) is 51.3 Å². The van der Waals surface area contributed by atoms with Gasteiger partial charge in [-0.25, -0.2) is 0 Å². The molecule has 5 nitrogen and oxygen atoms in total. The van der Waals surface area contributed by atoms with E-state index < -0.39 is 0 Å². The second kappa shape index (κ2) is 9.42. The summed E-state index contributed by atoms with van der Waals surface area (Å²) in [6.45, 7) is 7.30. The van der Waals surface area contributed by atoms with Crippen molar-refractivity contribution in [3.63, 3.8) is 0 Å². The number of aryl methyl sites for hydroxylation is 1. The van der Waals surface area contributed by atoms with Crippen LogP contribution in [0.2, 0.25) is 0 Å². The molecule has 1 N–H and O–H groups in total. The summed E-state index contributed by atoms with van der Waals surface area (Å²) in [6.07, 6.45) is 0. The number of ether oxygens (including phenoxy) is 1. The molecule has 0 aromatic heterocycles. The summed E-state index contributed by atoms with van der Waals surface area (Å²) in [5.74, 6) is 0.899. The van der Waals surface area contributed by atoms with Gasteiger partial charge in [0.15, 0.2) is 5.96 Å². The standard InChI is InChI=1S/C22H30N4O/c1-18-6-4-5-7-20(18)17-25(3)22(23-2)24-16-19-8-10-21(11-9-19)26-12-14-27-15-13-26/h4-11H,12-17H2,1-3H3,(H,23,24). The monoisotopic (exact) mass is 366 g/mol. The molecule has 1 aliphatic heterocycles. The second-order valence-corrected chi connectivity index (χ2v) is 6.95. The number of nitrogens with zero attached hydrogens (tertiary/aromatic N) is 3. The van der Waals surface area contributed by atoms with Crippen molar-refractivity contribution in [1.29, 1.82) is 0 Å². The summed E-state index contributed by atoms with van der Waals surface area (Å²) in [5, 5.41) is 3.47. The van der Waals surface area contributed by atoms with E-state index in [0.29, 0.717) is 0 Å². The third-order valence-corrected chi connectivity index (χ3v) is 5.01. The molecule has 0 spiro atoms. The van der Waals surface area contributed by atoms with Crippen LogP contribution in [0.3, 0.4) is 0 Å². The molecular weight excluding hydrogens is 336 g/mol. The molecule has 144 valence electrons. The molecule has 1 saturated heterocycles. The molecule has 0 aliphatic carbocycles. The Morgan fingerprint density at radius 2 is 1.81 bits per heavy atom. The number of guanidine groups is 1. The van der Waals surface area contributed by atoms with Crippen LogP contribution in [0.4, 0.5) is 5.69 Å². The van der Waals surface area contributed by atoms with Gasteiger partial charge >= 0.3 is 0 Å². The Labute approximate surface area is 162 Å². The molecule has 3 rings (SSSR count). The zero-order valence-corrected chi connectivity index (χ0v) is 16.6. The molecule has 5 heteroatoms. The van der Waals surface area contributed by atoms with Gasteiger partial charge in [0.05, 0.1) is 13.2 Å². The first kappa shape index (κ1) is 19.2. The maximum atomic E-state index is 5.42. The van der Waals surface area contributed by atoms with Crippen LogP contribution in [0.25, 0.3) is 0 Å². The summed E-state index contributed by atoms with van der Waals surface area (Å²) in [7, 11) is 3.90. The van der Waals surface area contributed by atoms with Crippen molar-refractivity contribution in [2.24, 2.45) is 4.99 Å². The molecule has 1 aliphatic rings. The van der Waals surface area contributed by atoms with Gasteiger partial charge in [0, 0.05) is 46.0 Å². The number of hydrogen-bond donors (Lipinski definition) is 1. The highest BCUT2D eigenvalue weighted by Crippen LogP contribution is 2.16. The van der Waals surface area contributed by atoms with Gasteiger partial charge in [0.1, 0.15) is 0 Å². The van der Waals surface area contributed by atoms with Gasteiger partial charge in [-0.05, 0) is 35.7 Å². The highest BCUT2D eigenvalue weighted by atomic mass is 16.5. The smallest absolute Gasteiger partial charge is 0.193 e. The first-order valence-corrected chi connectivity index (χ1v) is 9.55. The lowest BCUT2D eigenvalue weighted by Gasteiger charge is -2.29. The number of rotatable bonds is 5. The van der Waals surface area contributed by atoms with E-state index in [-0.39, 0.29) is 0 Å². The minimum absolute atomic E-state index is 0.758.